The highest BCUT2D eigenvalue weighted by molar-refractivity contribution is 6.62. The van der Waals surface area contributed by atoms with E-state index in [1.807, 2.05) is 20.8 Å². The highest BCUT2D eigenvalue weighted by Crippen LogP contribution is 2.28. The maximum Gasteiger partial charge on any atom is 0.543 e. The molecule has 0 bridgehead atoms. The smallest absolute Gasteiger partial charge is 0.496 e. The van der Waals surface area contributed by atoms with E-state index in [0.29, 0.717) is 48.2 Å². The molecule has 0 heterocycles. The third kappa shape index (κ3) is 10.9. The zero-order valence-electron chi connectivity index (χ0n) is 25.8. The Balaban J connectivity index is 2.18. The number of esters is 2. The molecule has 0 N–H and O–H groups in total. The first kappa shape index (κ1) is 35.0. The second-order valence-corrected chi connectivity index (χ2v) is 12.1. The molecule has 1 unspecified atom stereocenters. The predicted molar refractivity (Wildman–Crippen MR) is 164 cm³/mol. The first-order chi connectivity index (χ1) is 20.4. The summed E-state index contributed by atoms with van der Waals surface area (Å²) in [6.45, 7) is 9.37. The summed E-state index contributed by atoms with van der Waals surface area (Å²) in [5.74, 6) is 0.312. The van der Waals surface area contributed by atoms with E-state index in [9.17, 15) is 9.59 Å². The van der Waals surface area contributed by atoms with E-state index >= 15 is 0 Å². The van der Waals surface area contributed by atoms with Crippen molar-refractivity contribution in [3.63, 3.8) is 0 Å². The van der Waals surface area contributed by atoms with Crippen molar-refractivity contribution in [1.29, 1.82) is 0 Å². The van der Waals surface area contributed by atoms with E-state index in [1.165, 1.54) is 39.6 Å². The zero-order valence-corrected chi connectivity index (χ0v) is 26.8. The summed E-state index contributed by atoms with van der Waals surface area (Å²) in [6, 6.07) is 11.7. The minimum Gasteiger partial charge on any atom is -0.496 e. The SMILES string of the molecule is CCCCCCCC(Oc1ccc(C(=O)Oc2ccc(/C=C/C(=O)OC)c(OC)c2)cc1)[Si](OCC)(OCC)OCC. The van der Waals surface area contributed by atoms with Gasteiger partial charge in [-0.3, -0.25) is 0 Å². The quantitative estimate of drug-likeness (QED) is 0.0533. The van der Waals surface area contributed by atoms with Gasteiger partial charge >= 0.3 is 20.7 Å². The van der Waals surface area contributed by atoms with Gasteiger partial charge in [0.2, 0.25) is 0 Å². The number of unbranched alkanes of at least 4 members (excludes halogenated alkanes) is 4. The van der Waals surface area contributed by atoms with Crippen LogP contribution in [0.4, 0.5) is 0 Å². The molecule has 0 fully saturated rings. The molecule has 0 amide bonds. The summed E-state index contributed by atoms with van der Waals surface area (Å²) in [4.78, 5) is 24.3. The monoisotopic (exact) mass is 602 g/mol. The number of hydrogen-bond acceptors (Lipinski definition) is 9. The van der Waals surface area contributed by atoms with Crippen molar-refractivity contribution in [2.24, 2.45) is 0 Å². The molecular weight excluding hydrogens is 556 g/mol. The largest absolute Gasteiger partial charge is 0.543 e. The maximum absolute atomic E-state index is 12.9. The van der Waals surface area contributed by atoms with Gasteiger partial charge in [-0.2, -0.15) is 0 Å². The molecule has 0 saturated carbocycles. The number of ether oxygens (including phenoxy) is 4. The molecule has 9 nitrogen and oxygen atoms in total. The van der Waals surface area contributed by atoms with Crippen LogP contribution >= 0.6 is 0 Å². The molecule has 0 aliphatic carbocycles. The molecule has 10 heteroatoms. The lowest BCUT2D eigenvalue weighted by Gasteiger charge is -2.35. The van der Waals surface area contributed by atoms with Crippen LogP contribution in [0.2, 0.25) is 0 Å². The Morgan fingerprint density at radius 1 is 0.810 bits per heavy atom. The summed E-state index contributed by atoms with van der Waals surface area (Å²) in [7, 11) is -0.351. The lowest BCUT2D eigenvalue weighted by atomic mass is 10.1. The minimum absolute atomic E-state index is 0.302. The normalized spacial score (nSPS) is 12.2. The van der Waals surface area contributed by atoms with Crippen molar-refractivity contribution < 1.29 is 41.8 Å². The van der Waals surface area contributed by atoms with Crippen molar-refractivity contribution >= 4 is 26.8 Å². The molecule has 0 aliphatic heterocycles. The molecule has 1 atom stereocenters. The first-order valence-electron chi connectivity index (χ1n) is 14.7. The number of rotatable bonds is 20. The van der Waals surface area contributed by atoms with Crippen LogP contribution in [0.3, 0.4) is 0 Å². The fraction of sp³-hybridized carbons (Fsp3) is 0.500. The van der Waals surface area contributed by atoms with Gasteiger partial charge in [0.15, 0.2) is 5.73 Å². The molecular formula is C32H46O9Si. The van der Waals surface area contributed by atoms with Crippen LogP contribution in [0.15, 0.2) is 48.5 Å². The van der Waals surface area contributed by atoms with E-state index in [-0.39, 0.29) is 5.73 Å². The van der Waals surface area contributed by atoms with Crippen molar-refractivity contribution in [3.05, 3.63) is 59.7 Å². The molecule has 2 rings (SSSR count). The standard InChI is InChI=1S/C32H46O9Si/c1-7-11-12-13-14-15-31(42(37-8-2,38-9-3)39-10-4)40-27-20-17-26(18-21-27)32(34)41-28-22-16-25(29(24-28)35-5)19-23-30(33)36-6/h16-24,31H,7-15H2,1-6H3/b23-19+. The van der Waals surface area contributed by atoms with E-state index in [1.54, 1.807) is 48.5 Å². The van der Waals surface area contributed by atoms with Gasteiger partial charge in [0, 0.05) is 37.5 Å². The topological polar surface area (TPSA) is 98.8 Å². The Morgan fingerprint density at radius 2 is 1.43 bits per heavy atom. The molecule has 0 spiro atoms. The van der Waals surface area contributed by atoms with Gasteiger partial charge in [-0.05, 0) is 76.1 Å². The lowest BCUT2D eigenvalue weighted by molar-refractivity contribution is -0.134. The van der Waals surface area contributed by atoms with Gasteiger partial charge in [-0.15, -0.1) is 0 Å². The van der Waals surface area contributed by atoms with Crippen molar-refractivity contribution in [3.8, 4) is 17.2 Å². The Bertz CT molecular complexity index is 1100. The average Bonchev–Trinajstić information content (AvgIpc) is 3.00. The van der Waals surface area contributed by atoms with Crippen LogP contribution < -0.4 is 14.2 Å². The summed E-state index contributed by atoms with van der Waals surface area (Å²) >= 11 is 0. The van der Waals surface area contributed by atoms with Crippen LogP contribution in [0, 0.1) is 0 Å². The number of hydrogen-bond donors (Lipinski definition) is 0. The molecule has 0 aromatic heterocycles. The summed E-state index contributed by atoms with van der Waals surface area (Å²) in [6.07, 6.45) is 9.21. The molecule has 232 valence electrons. The number of benzene rings is 2. The van der Waals surface area contributed by atoms with Crippen molar-refractivity contribution in [2.75, 3.05) is 34.0 Å². The Kier molecular flexibility index (Phi) is 15.9. The van der Waals surface area contributed by atoms with E-state index in [4.69, 9.17) is 27.5 Å². The number of carbonyl (C=O) groups excluding carboxylic acids is 2. The second kappa shape index (κ2) is 19.1. The van der Waals surface area contributed by atoms with Crippen LogP contribution in [0.25, 0.3) is 6.08 Å². The van der Waals surface area contributed by atoms with Gasteiger partial charge in [-0.25, -0.2) is 9.59 Å². The fourth-order valence-electron chi connectivity index (χ4n) is 4.37. The van der Waals surface area contributed by atoms with Crippen LogP contribution in [0.5, 0.6) is 17.2 Å². The van der Waals surface area contributed by atoms with E-state index in [2.05, 4.69) is 11.7 Å². The van der Waals surface area contributed by atoms with Gasteiger partial charge in [0.1, 0.15) is 17.2 Å². The number of methoxy groups -OCH3 is 2. The molecule has 0 aliphatic rings. The third-order valence-electron chi connectivity index (χ3n) is 6.38. The number of carbonyl (C=O) groups is 2. The Hall–Kier alpha value is -3.18. The summed E-state index contributed by atoms with van der Waals surface area (Å²) < 4.78 is 40.5. The highest BCUT2D eigenvalue weighted by atomic mass is 28.4. The molecule has 0 radical (unpaired) electrons. The summed E-state index contributed by atoms with van der Waals surface area (Å²) in [5, 5.41) is 0. The van der Waals surface area contributed by atoms with Gasteiger partial charge in [0.05, 0.1) is 19.8 Å². The molecule has 2 aromatic carbocycles. The highest BCUT2D eigenvalue weighted by Gasteiger charge is 2.51. The average molecular weight is 603 g/mol. The van der Waals surface area contributed by atoms with Gasteiger partial charge in [0.25, 0.3) is 0 Å². The maximum atomic E-state index is 12.9. The first-order valence-corrected chi connectivity index (χ1v) is 16.5. The van der Waals surface area contributed by atoms with E-state index in [0.717, 1.165) is 19.3 Å². The van der Waals surface area contributed by atoms with Gasteiger partial charge < -0.3 is 32.2 Å². The van der Waals surface area contributed by atoms with Crippen LogP contribution in [-0.4, -0.2) is 60.5 Å². The van der Waals surface area contributed by atoms with Crippen molar-refractivity contribution in [2.45, 2.75) is 71.9 Å². The molecule has 42 heavy (non-hydrogen) atoms. The summed E-state index contributed by atoms with van der Waals surface area (Å²) in [5.41, 5.74) is 0.612. The van der Waals surface area contributed by atoms with Gasteiger partial charge in [-0.1, -0.05) is 32.6 Å². The zero-order chi connectivity index (χ0) is 30.8. The van der Waals surface area contributed by atoms with Crippen LogP contribution in [-0.2, 0) is 22.8 Å². The van der Waals surface area contributed by atoms with Crippen molar-refractivity contribution in [1.82, 2.24) is 0 Å². The molecule has 2 aromatic rings. The predicted octanol–water partition coefficient (Wildman–Crippen LogP) is 6.80. The Morgan fingerprint density at radius 3 is 2.00 bits per heavy atom. The second-order valence-electron chi connectivity index (χ2n) is 9.39. The van der Waals surface area contributed by atoms with Crippen LogP contribution in [0.1, 0.15) is 82.1 Å². The minimum atomic E-state index is -3.15. The van der Waals surface area contributed by atoms with E-state index < -0.39 is 20.7 Å². The fourth-order valence-corrected chi connectivity index (χ4v) is 7.22. The molecule has 0 saturated heterocycles. The lowest BCUT2D eigenvalue weighted by Crippen LogP contribution is -2.59. The Labute approximate surface area is 251 Å². The third-order valence-corrected chi connectivity index (χ3v) is 9.65.